The SMILES string of the molecule is C.F.OCC1OC2OC3C(CO)OC(OC4C(CO)OC(OC5C(CO)OC(OC6C(CO)OC(OC7C(CO)OC(OC8C(CO)OC(OC1C(O)C2O)C(O)C8O)C(O)C7O)C(O)C6O)C(O)C5O)C(O)C4O)C(O)C3O.[2HH].[B]. The van der Waals surface area contributed by atoms with E-state index < -0.39 is 261 Å². The second-order valence-electron chi connectivity index (χ2n) is 19.7. The van der Waals surface area contributed by atoms with E-state index in [-0.39, 0.29) is 22.0 Å². The third-order valence-corrected chi connectivity index (χ3v) is 14.8. The Morgan fingerprint density at radius 3 is 0.388 bits per heavy atom. The van der Waals surface area contributed by atoms with Crippen molar-refractivity contribution < 1.29 is 180 Å². The summed E-state index contributed by atoms with van der Waals surface area (Å²) >= 11 is 0. The normalized spacial score (nSPS) is 53.3. The molecule has 21 aliphatic heterocycles. The van der Waals surface area contributed by atoms with Gasteiger partial charge in [0.1, 0.15) is 171 Å². The lowest BCUT2D eigenvalue weighted by atomic mass is 9.95. The first-order valence-electron chi connectivity index (χ1n) is 24.6. The van der Waals surface area contributed by atoms with Crippen LogP contribution < -0.4 is 0 Å². The van der Waals surface area contributed by atoms with E-state index in [1.54, 1.807) is 0 Å². The summed E-state index contributed by atoms with van der Waals surface area (Å²) in [4.78, 5) is 0. The van der Waals surface area contributed by atoms with Crippen molar-refractivity contribution in [3.8, 4) is 0 Å². The summed E-state index contributed by atoms with van der Waals surface area (Å²) in [6.45, 7) is -7.33. The highest BCUT2D eigenvalue weighted by Crippen LogP contribution is 2.39. The van der Waals surface area contributed by atoms with Crippen LogP contribution >= 0.6 is 0 Å². The van der Waals surface area contributed by atoms with Crippen LogP contribution in [0.25, 0.3) is 0 Å². The molecule has 21 rings (SSSR count). The van der Waals surface area contributed by atoms with E-state index >= 15 is 0 Å². The number of ether oxygens (including phenoxy) is 14. The van der Waals surface area contributed by atoms with Gasteiger partial charge in [0, 0.05) is 9.84 Å². The molecule has 21 saturated heterocycles. The molecule has 21 heterocycles. The van der Waals surface area contributed by atoms with Gasteiger partial charge in [-0.1, -0.05) is 7.43 Å². The summed E-state index contributed by atoms with van der Waals surface area (Å²) in [5, 5.41) is 230. The summed E-state index contributed by atoms with van der Waals surface area (Å²) in [7, 11) is 0. The fourth-order valence-electron chi connectivity index (χ4n) is 10.4. The second kappa shape index (κ2) is 29.3. The maximum atomic E-state index is 11.3. The number of rotatable bonds is 7. The maximum Gasteiger partial charge on any atom is 0.187 e. The molecule has 80 heavy (non-hydrogen) atoms. The monoisotopic (exact) mass is 1180 g/mol. The van der Waals surface area contributed by atoms with Crippen molar-refractivity contribution in [3.63, 3.8) is 0 Å². The minimum atomic E-state index is -2.21. The fraction of sp³-hybridized carbons (Fsp3) is 1.00. The molecule has 0 saturated carbocycles. The van der Waals surface area contributed by atoms with Crippen molar-refractivity contribution in [2.75, 3.05) is 46.2 Å². The molecule has 35 unspecified atom stereocenters. The Bertz CT molecular complexity index is 1490. The van der Waals surface area contributed by atoms with Crippen LogP contribution in [0.5, 0.6) is 0 Å². The molecular formula is C43H77BFO35. The average molecular weight is 1180 g/mol. The van der Waals surface area contributed by atoms with Gasteiger partial charge in [-0.15, -0.1) is 0 Å². The van der Waals surface area contributed by atoms with Gasteiger partial charge in [0.25, 0.3) is 0 Å². The van der Waals surface area contributed by atoms with Crippen molar-refractivity contribution in [3.05, 3.63) is 0 Å². The van der Waals surface area contributed by atoms with Crippen LogP contribution in [-0.2, 0) is 66.3 Å². The third-order valence-electron chi connectivity index (χ3n) is 14.8. The molecule has 35 nitrogen and oxygen atoms in total. The van der Waals surface area contributed by atoms with Gasteiger partial charge < -0.3 is 174 Å². The molecule has 3 radical (unpaired) electrons. The third kappa shape index (κ3) is 13.4. The van der Waals surface area contributed by atoms with Gasteiger partial charge in [-0.05, 0) is 0 Å². The maximum absolute atomic E-state index is 11.3. The van der Waals surface area contributed by atoms with Crippen LogP contribution in [0.3, 0.4) is 0 Å². The van der Waals surface area contributed by atoms with E-state index in [0.717, 1.165) is 0 Å². The predicted octanol–water partition coefficient (Wildman–Crippen LogP) is -14.6. The zero-order chi connectivity index (χ0) is 56.1. The van der Waals surface area contributed by atoms with Crippen LogP contribution in [0.2, 0.25) is 0 Å². The van der Waals surface area contributed by atoms with Crippen LogP contribution in [0.1, 0.15) is 8.85 Å². The van der Waals surface area contributed by atoms with Gasteiger partial charge in [0.2, 0.25) is 0 Å². The van der Waals surface area contributed by atoms with Gasteiger partial charge in [-0.25, -0.2) is 0 Å². The van der Waals surface area contributed by atoms with E-state index in [0.29, 0.717) is 0 Å². The lowest BCUT2D eigenvalue weighted by molar-refractivity contribution is -0.396. The van der Waals surface area contributed by atoms with Gasteiger partial charge in [0.15, 0.2) is 44.0 Å². The largest absolute Gasteiger partial charge is 0.394 e. The Kier molecular flexibility index (Phi) is 25.4. The van der Waals surface area contributed by atoms with E-state index in [1.165, 1.54) is 0 Å². The molecule has 0 spiro atoms. The molecular weight excluding hydrogens is 1110 g/mol. The lowest BCUT2D eigenvalue weighted by Gasteiger charge is -2.50. The number of halogens is 1. The Hall–Kier alpha value is -1.41. The minimum absolute atomic E-state index is 0. The Labute approximate surface area is 456 Å². The first kappa shape index (κ1) is 69.4. The summed E-state index contributed by atoms with van der Waals surface area (Å²) in [5.74, 6) is 0. The zero-order valence-electron chi connectivity index (χ0n) is 41.2. The highest BCUT2D eigenvalue weighted by Gasteiger charge is 2.59. The highest BCUT2D eigenvalue weighted by molar-refractivity contribution is 5.75. The molecule has 21 N–H and O–H groups in total. The average Bonchev–Trinajstić information content (AvgIpc) is 3.42. The number of hydrogen-bond donors (Lipinski definition) is 21. The van der Waals surface area contributed by atoms with Crippen molar-refractivity contribution in [1.82, 2.24) is 0 Å². The highest BCUT2D eigenvalue weighted by atomic mass is 19.0. The van der Waals surface area contributed by atoms with E-state index in [1.807, 2.05) is 0 Å². The van der Waals surface area contributed by atoms with E-state index in [2.05, 4.69) is 0 Å². The summed E-state index contributed by atoms with van der Waals surface area (Å²) in [5.41, 5.74) is 0. The van der Waals surface area contributed by atoms with Crippen LogP contribution in [0, 0.1) is 0 Å². The van der Waals surface area contributed by atoms with Gasteiger partial charge in [0.05, 0.1) is 46.2 Å². The van der Waals surface area contributed by atoms with Gasteiger partial charge >= 0.3 is 0 Å². The quantitative estimate of drug-likeness (QED) is 0.105. The van der Waals surface area contributed by atoms with E-state index in [9.17, 15) is 107 Å². The van der Waals surface area contributed by atoms with Gasteiger partial charge in [-0.2, -0.15) is 0 Å². The van der Waals surface area contributed by atoms with Crippen LogP contribution in [0.15, 0.2) is 0 Å². The Morgan fingerprint density at radius 1 is 0.200 bits per heavy atom. The predicted molar refractivity (Wildman–Crippen MR) is 246 cm³/mol. The molecule has 37 heteroatoms. The molecule has 35 atom stereocenters. The van der Waals surface area contributed by atoms with Crippen molar-refractivity contribution in [1.29, 1.82) is 0 Å². The summed E-state index contributed by atoms with van der Waals surface area (Å²) in [6.07, 6.45) is -70.2. The molecule has 0 aromatic rings. The van der Waals surface area contributed by atoms with Crippen molar-refractivity contribution in [2.24, 2.45) is 0 Å². The standard InChI is InChI=1S/C42H70O35.CH4.B.FH.H2/c43-1-8-29-15(50)22(57)36(64-8)72-30-9(2-44)66-38(24(59)17(30)52)74-32-11(4-46)68-40(26(61)19(32)54)76-34-13(6-48)70-42(28(63)21(34)56)77-35-14(7-49)69-41(27(62)20(35)55)75-33-12(5-47)67-39(25(60)18(33)53)73-31-10(3-45)65-37(71-29)23(58)16(31)51;;;;/h8-63H,1-7H2;1H4;;2*1H/i;;;;1+1. The van der Waals surface area contributed by atoms with E-state index in [4.69, 9.17) is 66.3 Å². The summed E-state index contributed by atoms with van der Waals surface area (Å²) in [6, 6.07) is 0. The smallest absolute Gasteiger partial charge is 0.187 e. The molecule has 0 aromatic carbocycles. The molecule has 0 amide bonds. The second-order valence-corrected chi connectivity index (χ2v) is 19.7. The topological polar surface area (TPSA) is 554 Å². The van der Waals surface area contributed by atoms with Gasteiger partial charge in [-0.3, -0.25) is 4.70 Å². The molecule has 0 aromatic heterocycles. The Balaban J connectivity index is 0.00000353. The minimum Gasteiger partial charge on any atom is -0.394 e. The molecule has 469 valence electrons. The van der Waals surface area contributed by atoms with Crippen LogP contribution in [-0.4, -0.2) is 377 Å². The fourth-order valence-corrected chi connectivity index (χ4v) is 10.4. The number of aliphatic hydroxyl groups is 21. The Morgan fingerprint density at radius 2 is 0.300 bits per heavy atom. The molecule has 21 fully saturated rings. The molecule has 0 aliphatic carbocycles. The number of hydrogen-bond acceptors (Lipinski definition) is 35. The van der Waals surface area contributed by atoms with Crippen molar-refractivity contribution in [2.45, 2.75) is 222 Å². The zero-order valence-corrected chi connectivity index (χ0v) is 41.2. The lowest BCUT2D eigenvalue weighted by Crippen LogP contribution is -2.68. The first-order chi connectivity index (χ1) is 36.7. The van der Waals surface area contributed by atoms with Crippen molar-refractivity contribution >= 4 is 8.41 Å². The first-order valence-corrected chi connectivity index (χ1v) is 24.6. The molecule has 21 aliphatic rings. The summed E-state index contributed by atoms with van der Waals surface area (Å²) < 4.78 is 79.5. The number of aliphatic hydroxyl groups excluding tert-OH is 21. The van der Waals surface area contributed by atoms with Crippen LogP contribution in [0.4, 0.5) is 4.70 Å². The molecule has 14 bridgehead atoms.